The van der Waals surface area contributed by atoms with Crippen LogP contribution in [0.2, 0.25) is 0 Å². The van der Waals surface area contributed by atoms with Crippen LogP contribution in [0.3, 0.4) is 0 Å². The van der Waals surface area contributed by atoms with Crippen LogP contribution in [0, 0.1) is 6.92 Å². The lowest BCUT2D eigenvalue weighted by Crippen LogP contribution is -2.23. The second kappa shape index (κ2) is 7.04. The Hall–Kier alpha value is -1.13. The number of oxazole rings is 1. The minimum absolute atomic E-state index is 0.529. The first-order valence-corrected chi connectivity index (χ1v) is 7.80. The number of aryl methyl sites for hydroxylation is 2. The third kappa shape index (κ3) is 4.18. The third-order valence-electron chi connectivity index (χ3n) is 3.12. The van der Waals surface area contributed by atoms with E-state index in [4.69, 9.17) is 4.42 Å². The highest BCUT2D eigenvalue weighted by atomic mass is 79.9. The molecule has 0 amide bonds. The lowest BCUT2D eigenvalue weighted by atomic mass is 10.1. The lowest BCUT2D eigenvalue weighted by Gasteiger charge is -2.06. The molecule has 0 aliphatic heterocycles. The Morgan fingerprint density at radius 1 is 1.35 bits per heavy atom. The molecule has 0 spiro atoms. The van der Waals surface area contributed by atoms with Crippen molar-refractivity contribution in [1.29, 1.82) is 0 Å². The van der Waals surface area contributed by atoms with Crippen molar-refractivity contribution in [1.82, 2.24) is 10.3 Å². The van der Waals surface area contributed by atoms with E-state index in [2.05, 4.69) is 53.1 Å². The van der Waals surface area contributed by atoms with Gasteiger partial charge < -0.3 is 9.73 Å². The normalized spacial score (nSPS) is 11.2. The number of hydrogen-bond acceptors (Lipinski definition) is 3. The molecule has 2 rings (SSSR count). The summed E-state index contributed by atoms with van der Waals surface area (Å²) in [5, 5.41) is 3.39. The van der Waals surface area contributed by atoms with Crippen LogP contribution in [0.1, 0.15) is 31.7 Å². The Labute approximate surface area is 128 Å². The van der Waals surface area contributed by atoms with Crippen LogP contribution in [-0.2, 0) is 6.42 Å². The van der Waals surface area contributed by atoms with Gasteiger partial charge in [0.2, 0.25) is 0 Å². The summed E-state index contributed by atoms with van der Waals surface area (Å²) >= 11 is 3.51. The fourth-order valence-corrected chi connectivity index (χ4v) is 2.23. The topological polar surface area (TPSA) is 38.1 Å². The van der Waals surface area contributed by atoms with Crippen LogP contribution < -0.4 is 5.32 Å². The highest BCUT2D eigenvalue weighted by molar-refractivity contribution is 9.10. The SMILES string of the molecule is Cc1cc(-c2cnc(CCCNC(C)C)o2)ccc1Br. The first-order chi connectivity index (χ1) is 9.56. The molecule has 0 bridgehead atoms. The molecule has 0 atom stereocenters. The van der Waals surface area contributed by atoms with Crippen LogP contribution in [-0.4, -0.2) is 17.6 Å². The second-order valence-electron chi connectivity index (χ2n) is 5.29. The van der Waals surface area contributed by atoms with E-state index in [0.29, 0.717) is 6.04 Å². The fraction of sp³-hybridized carbons (Fsp3) is 0.438. The molecule has 1 aromatic carbocycles. The maximum atomic E-state index is 5.82. The van der Waals surface area contributed by atoms with Crippen LogP contribution in [0.5, 0.6) is 0 Å². The quantitative estimate of drug-likeness (QED) is 0.797. The van der Waals surface area contributed by atoms with E-state index in [0.717, 1.165) is 41.1 Å². The van der Waals surface area contributed by atoms with Gasteiger partial charge in [0.1, 0.15) is 0 Å². The lowest BCUT2D eigenvalue weighted by molar-refractivity contribution is 0.484. The van der Waals surface area contributed by atoms with Crippen molar-refractivity contribution in [2.45, 2.75) is 39.7 Å². The van der Waals surface area contributed by atoms with Gasteiger partial charge in [-0.2, -0.15) is 0 Å². The molecular weight excluding hydrogens is 316 g/mol. The Morgan fingerprint density at radius 2 is 2.15 bits per heavy atom. The molecule has 0 aliphatic rings. The molecule has 0 radical (unpaired) electrons. The second-order valence-corrected chi connectivity index (χ2v) is 6.15. The molecule has 1 aromatic heterocycles. The van der Waals surface area contributed by atoms with Crippen LogP contribution in [0.4, 0.5) is 0 Å². The summed E-state index contributed by atoms with van der Waals surface area (Å²) < 4.78 is 6.93. The number of hydrogen-bond donors (Lipinski definition) is 1. The summed E-state index contributed by atoms with van der Waals surface area (Å²) in [6.45, 7) is 7.37. The molecule has 3 nitrogen and oxygen atoms in total. The van der Waals surface area contributed by atoms with Crippen molar-refractivity contribution in [3.05, 3.63) is 40.3 Å². The van der Waals surface area contributed by atoms with E-state index >= 15 is 0 Å². The molecule has 0 saturated carbocycles. The van der Waals surface area contributed by atoms with E-state index in [1.165, 1.54) is 5.56 Å². The molecule has 1 heterocycles. The smallest absolute Gasteiger partial charge is 0.194 e. The molecule has 0 aliphatic carbocycles. The van der Waals surface area contributed by atoms with Crippen molar-refractivity contribution in [2.24, 2.45) is 0 Å². The third-order valence-corrected chi connectivity index (χ3v) is 4.01. The summed E-state index contributed by atoms with van der Waals surface area (Å²) in [4.78, 5) is 4.36. The van der Waals surface area contributed by atoms with Gasteiger partial charge in [-0.25, -0.2) is 4.98 Å². The average Bonchev–Trinajstić information content (AvgIpc) is 2.86. The summed E-state index contributed by atoms with van der Waals surface area (Å²) in [6, 6.07) is 6.72. The van der Waals surface area contributed by atoms with Crippen LogP contribution in [0.25, 0.3) is 11.3 Å². The number of nitrogens with zero attached hydrogens (tertiary/aromatic N) is 1. The van der Waals surface area contributed by atoms with Gasteiger partial charge in [0.25, 0.3) is 0 Å². The van der Waals surface area contributed by atoms with E-state index in [9.17, 15) is 0 Å². The zero-order chi connectivity index (χ0) is 14.5. The number of nitrogens with one attached hydrogen (secondary N) is 1. The van der Waals surface area contributed by atoms with Crippen molar-refractivity contribution in [2.75, 3.05) is 6.54 Å². The van der Waals surface area contributed by atoms with E-state index in [1.807, 2.05) is 18.3 Å². The average molecular weight is 337 g/mol. The predicted molar refractivity (Wildman–Crippen MR) is 85.8 cm³/mol. The summed E-state index contributed by atoms with van der Waals surface area (Å²) in [5.74, 6) is 1.65. The van der Waals surface area contributed by atoms with Crippen molar-refractivity contribution in [3.63, 3.8) is 0 Å². The van der Waals surface area contributed by atoms with Crippen LogP contribution in [0.15, 0.2) is 33.3 Å². The first-order valence-electron chi connectivity index (χ1n) is 7.01. The van der Waals surface area contributed by atoms with Gasteiger partial charge in [-0.3, -0.25) is 0 Å². The molecule has 1 N–H and O–H groups in total. The van der Waals surface area contributed by atoms with Gasteiger partial charge in [-0.1, -0.05) is 35.8 Å². The summed E-state index contributed by atoms with van der Waals surface area (Å²) in [7, 11) is 0. The minimum atomic E-state index is 0.529. The molecule has 0 fully saturated rings. The molecule has 0 unspecified atom stereocenters. The van der Waals surface area contributed by atoms with Crippen LogP contribution >= 0.6 is 15.9 Å². The highest BCUT2D eigenvalue weighted by Gasteiger charge is 2.07. The fourth-order valence-electron chi connectivity index (χ4n) is 1.99. The monoisotopic (exact) mass is 336 g/mol. The number of rotatable bonds is 6. The molecular formula is C16H21BrN2O. The highest BCUT2D eigenvalue weighted by Crippen LogP contribution is 2.25. The van der Waals surface area contributed by atoms with Gasteiger partial charge in [0, 0.05) is 22.5 Å². The maximum absolute atomic E-state index is 5.82. The molecule has 2 aromatic rings. The maximum Gasteiger partial charge on any atom is 0.194 e. The minimum Gasteiger partial charge on any atom is -0.441 e. The van der Waals surface area contributed by atoms with Gasteiger partial charge in [-0.15, -0.1) is 0 Å². The zero-order valence-electron chi connectivity index (χ0n) is 12.2. The van der Waals surface area contributed by atoms with Gasteiger partial charge >= 0.3 is 0 Å². The standard InChI is InChI=1S/C16H21BrN2O/c1-11(2)18-8-4-5-16-19-10-15(20-16)13-6-7-14(17)12(3)9-13/h6-7,9-11,18H,4-5,8H2,1-3H3. The number of halogens is 1. The Kier molecular flexibility index (Phi) is 5.38. The van der Waals surface area contributed by atoms with Crippen molar-refractivity contribution in [3.8, 4) is 11.3 Å². The van der Waals surface area contributed by atoms with E-state index < -0.39 is 0 Å². The predicted octanol–water partition coefficient (Wildman–Crippen LogP) is 4.34. The molecule has 108 valence electrons. The Bertz CT molecular complexity index is 563. The zero-order valence-corrected chi connectivity index (χ0v) is 13.8. The molecule has 20 heavy (non-hydrogen) atoms. The van der Waals surface area contributed by atoms with E-state index in [-0.39, 0.29) is 0 Å². The number of aromatic nitrogens is 1. The van der Waals surface area contributed by atoms with Gasteiger partial charge in [0.05, 0.1) is 6.20 Å². The largest absolute Gasteiger partial charge is 0.441 e. The van der Waals surface area contributed by atoms with Crippen molar-refractivity contribution < 1.29 is 4.42 Å². The Morgan fingerprint density at radius 3 is 2.85 bits per heavy atom. The molecule has 0 saturated heterocycles. The van der Waals surface area contributed by atoms with Gasteiger partial charge in [-0.05, 0) is 37.6 Å². The van der Waals surface area contributed by atoms with Crippen molar-refractivity contribution >= 4 is 15.9 Å². The van der Waals surface area contributed by atoms with E-state index in [1.54, 1.807) is 0 Å². The number of benzene rings is 1. The Balaban J connectivity index is 1.96. The first kappa shape index (κ1) is 15.3. The molecule has 4 heteroatoms. The van der Waals surface area contributed by atoms with Gasteiger partial charge in [0.15, 0.2) is 11.7 Å². The summed E-state index contributed by atoms with van der Waals surface area (Å²) in [5.41, 5.74) is 2.27. The summed E-state index contributed by atoms with van der Waals surface area (Å²) in [6.07, 6.45) is 3.72.